The average molecular weight is 412 g/mol. The lowest BCUT2D eigenvalue weighted by molar-refractivity contribution is 0.161. The number of hydrogen-bond donors (Lipinski definition) is 0. The SMILES string of the molecule is CCC[C@@H](c1nnnn1C1CCCC1)N1CCN(c2nc3ccccc3s2)CC1. The van der Waals surface area contributed by atoms with Crippen molar-refractivity contribution in [3.8, 4) is 0 Å². The highest BCUT2D eigenvalue weighted by Gasteiger charge is 2.31. The van der Waals surface area contributed by atoms with Gasteiger partial charge in [0, 0.05) is 26.2 Å². The maximum atomic E-state index is 4.85. The van der Waals surface area contributed by atoms with Crippen LogP contribution < -0.4 is 4.90 Å². The highest BCUT2D eigenvalue weighted by Crippen LogP contribution is 2.34. The molecule has 3 heterocycles. The van der Waals surface area contributed by atoms with Crippen LogP contribution in [0.25, 0.3) is 10.2 Å². The van der Waals surface area contributed by atoms with E-state index in [2.05, 4.69) is 61.2 Å². The number of thiazole rings is 1. The molecule has 2 aliphatic rings. The molecule has 0 N–H and O–H groups in total. The van der Waals surface area contributed by atoms with Crippen molar-refractivity contribution in [2.75, 3.05) is 31.1 Å². The number of anilines is 1. The number of fused-ring (bicyclic) bond motifs is 1. The molecule has 29 heavy (non-hydrogen) atoms. The molecule has 1 aliphatic heterocycles. The molecule has 2 aromatic heterocycles. The van der Waals surface area contributed by atoms with E-state index in [-0.39, 0.29) is 0 Å². The van der Waals surface area contributed by atoms with Crippen molar-refractivity contribution in [1.29, 1.82) is 0 Å². The minimum absolute atomic E-state index is 0.313. The molecule has 0 radical (unpaired) electrons. The van der Waals surface area contributed by atoms with Gasteiger partial charge in [-0.25, -0.2) is 9.67 Å². The second-order valence-electron chi connectivity index (χ2n) is 8.21. The fourth-order valence-electron chi connectivity index (χ4n) is 4.80. The van der Waals surface area contributed by atoms with E-state index in [9.17, 15) is 0 Å². The highest BCUT2D eigenvalue weighted by atomic mass is 32.1. The van der Waals surface area contributed by atoms with Gasteiger partial charge in [-0.15, -0.1) is 5.10 Å². The zero-order chi connectivity index (χ0) is 19.6. The van der Waals surface area contributed by atoms with E-state index in [1.807, 2.05) is 0 Å². The van der Waals surface area contributed by atoms with Gasteiger partial charge in [-0.05, 0) is 41.8 Å². The standard InChI is InChI=1S/C21H29N7S/c1-2-7-18(20-23-24-25-28(20)16-8-3-4-9-16)26-12-14-27(15-13-26)21-22-17-10-5-6-11-19(17)29-21/h5-6,10-11,16,18H,2-4,7-9,12-15H2,1H3/t18-/m0/s1. The fourth-order valence-corrected chi connectivity index (χ4v) is 5.81. The Bertz CT molecular complexity index is 904. The first kappa shape index (κ1) is 18.9. The lowest BCUT2D eigenvalue weighted by atomic mass is 10.1. The van der Waals surface area contributed by atoms with Gasteiger partial charge in [0.1, 0.15) is 0 Å². The Labute approximate surface area is 175 Å². The summed E-state index contributed by atoms with van der Waals surface area (Å²) >= 11 is 1.80. The summed E-state index contributed by atoms with van der Waals surface area (Å²) in [5.74, 6) is 1.08. The maximum absolute atomic E-state index is 4.85. The molecule has 154 valence electrons. The van der Waals surface area contributed by atoms with Gasteiger partial charge in [0.25, 0.3) is 0 Å². The molecule has 2 fully saturated rings. The van der Waals surface area contributed by atoms with E-state index in [4.69, 9.17) is 4.98 Å². The lowest BCUT2D eigenvalue weighted by Gasteiger charge is -2.38. The Morgan fingerprint density at radius 3 is 2.66 bits per heavy atom. The fraction of sp³-hybridized carbons (Fsp3) is 0.619. The molecule has 0 spiro atoms. The van der Waals surface area contributed by atoms with Crippen LogP contribution in [0.1, 0.15) is 63.4 Å². The van der Waals surface area contributed by atoms with Crippen LogP contribution >= 0.6 is 11.3 Å². The Balaban J connectivity index is 1.31. The molecule has 5 rings (SSSR count). The molecule has 7 nitrogen and oxygen atoms in total. The third kappa shape index (κ3) is 3.75. The van der Waals surface area contributed by atoms with Gasteiger partial charge >= 0.3 is 0 Å². The minimum Gasteiger partial charge on any atom is -0.345 e. The molecular formula is C21H29N7S. The summed E-state index contributed by atoms with van der Waals surface area (Å²) in [7, 11) is 0. The van der Waals surface area contributed by atoms with Crippen molar-refractivity contribution in [3.05, 3.63) is 30.1 Å². The van der Waals surface area contributed by atoms with Crippen LogP contribution in [0.2, 0.25) is 0 Å². The summed E-state index contributed by atoms with van der Waals surface area (Å²) in [5.41, 5.74) is 1.11. The quantitative estimate of drug-likeness (QED) is 0.609. The summed E-state index contributed by atoms with van der Waals surface area (Å²) in [6, 6.07) is 9.22. The number of piperazine rings is 1. The van der Waals surface area contributed by atoms with Crippen LogP contribution in [-0.2, 0) is 0 Å². The predicted molar refractivity (Wildman–Crippen MR) is 116 cm³/mol. The molecule has 3 aromatic rings. The van der Waals surface area contributed by atoms with Crippen molar-refractivity contribution in [2.45, 2.75) is 57.5 Å². The number of benzene rings is 1. The summed E-state index contributed by atoms with van der Waals surface area (Å²) in [4.78, 5) is 9.87. The smallest absolute Gasteiger partial charge is 0.186 e. The average Bonchev–Trinajstić information content (AvgIpc) is 3.52. The molecule has 0 bridgehead atoms. The van der Waals surface area contributed by atoms with E-state index in [0.717, 1.165) is 55.5 Å². The van der Waals surface area contributed by atoms with Crippen LogP contribution in [0.4, 0.5) is 5.13 Å². The van der Waals surface area contributed by atoms with E-state index in [1.54, 1.807) is 11.3 Å². The summed E-state index contributed by atoms with van der Waals surface area (Å²) < 4.78 is 3.41. The number of tetrazole rings is 1. The zero-order valence-corrected chi connectivity index (χ0v) is 17.9. The highest BCUT2D eigenvalue weighted by molar-refractivity contribution is 7.22. The van der Waals surface area contributed by atoms with Crippen LogP contribution in [0.15, 0.2) is 24.3 Å². The normalized spacial score (nSPS) is 20.0. The van der Waals surface area contributed by atoms with E-state index < -0.39 is 0 Å². The second kappa shape index (κ2) is 8.36. The van der Waals surface area contributed by atoms with Crippen LogP contribution in [0.3, 0.4) is 0 Å². The van der Waals surface area contributed by atoms with Gasteiger partial charge in [0.05, 0.1) is 22.3 Å². The monoisotopic (exact) mass is 411 g/mol. The Hall–Kier alpha value is -2.06. The van der Waals surface area contributed by atoms with Crippen molar-refractivity contribution in [3.63, 3.8) is 0 Å². The van der Waals surface area contributed by atoms with E-state index in [0.29, 0.717) is 12.1 Å². The minimum atomic E-state index is 0.313. The first-order valence-corrected chi connectivity index (χ1v) is 11.8. The predicted octanol–water partition coefficient (Wildman–Crippen LogP) is 4.06. The molecule has 1 saturated heterocycles. The van der Waals surface area contributed by atoms with Gasteiger partial charge in [-0.2, -0.15) is 0 Å². The molecule has 0 unspecified atom stereocenters. The van der Waals surface area contributed by atoms with Crippen LogP contribution in [-0.4, -0.2) is 56.3 Å². The Morgan fingerprint density at radius 2 is 1.90 bits per heavy atom. The maximum Gasteiger partial charge on any atom is 0.186 e. The number of nitrogens with zero attached hydrogens (tertiary/aromatic N) is 7. The number of aromatic nitrogens is 5. The van der Waals surface area contributed by atoms with Crippen molar-refractivity contribution < 1.29 is 0 Å². The summed E-state index contributed by atoms with van der Waals surface area (Å²) in [6.07, 6.45) is 7.26. The first-order valence-electron chi connectivity index (χ1n) is 11.0. The third-order valence-electron chi connectivity index (χ3n) is 6.36. The molecule has 1 aliphatic carbocycles. The largest absolute Gasteiger partial charge is 0.345 e. The van der Waals surface area contributed by atoms with Gasteiger partial charge in [-0.3, -0.25) is 4.90 Å². The number of rotatable bonds is 6. The summed E-state index contributed by atoms with van der Waals surface area (Å²) in [6.45, 7) is 6.32. The zero-order valence-electron chi connectivity index (χ0n) is 17.1. The molecule has 8 heteroatoms. The topological polar surface area (TPSA) is 63.0 Å². The van der Waals surface area contributed by atoms with Gasteiger partial charge in [0.15, 0.2) is 11.0 Å². The Kier molecular flexibility index (Phi) is 5.46. The third-order valence-corrected chi connectivity index (χ3v) is 7.45. The Morgan fingerprint density at radius 1 is 1.10 bits per heavy atom. The van der Waals surface area contributed by atoms with Crippen molar-refractivity contribution in [1.82, 2.24) is 30.1 Å². The molecule has 1 aromatic carbocycles. The second-order valence-corrected chi connectivity index (χ2v) is 9.22. The van der Waals surface area contributed by atoms with Gasteiger partial charge in [-0.1, -0.05) is 49.7 Å². The van der Waals surface area contributed by atoms with E-state index in [1.165, 1.54) is 30.4 Å². The molecule has 0 amide bonds. The van der Waals surface area contributed by atoms with Crippen molar-refractivity contribution >= 4 is 26.7 Å². The van der Waals surface area contributed by atoms with E-state index >= 15 is 0 Å². The van der Waals surface area contributed by atoms with Gasteiger partial charge < -0.3 is 4.90 Å². The summed E-state index contributed by atoms with van der Waals surface area (Å²) in [5, 5.41) is 14.1. The number of hydrogen-bond acceptors (Lipinski definition) is 7. The molecule has 1 atom stereocenters. The first-order chi connectivity index (χ1) is 14.3. The van der Waals surface area contributed by atoms with Crippen molar-refractivity contribution in [2.24, 2.45) is 0 Å². The van der Waals surface area contributed by atoms with Gasteiger partial charge in [0.2, 0.25) is 0 Å². The van der Waals surface area contributed by atoms with Crippen LogP contribution in [0, 0.1) is 0 Å². The molecular weight excluding hydrogens is 382 g/mol. The van der Waals surface area contributed by atoms with Crippen LogP contribution in [0.5, 0.6) is 0 Å². The molecule has 1 saturated carbocycles. The number of para-hydroxylation sites is 1. The lowest BCUT2D eigenvalue weighted by Crippen LogP contribution is -2.48.